The Labute approximate surface area is 177 Å². The Hall–Kier alpha value is -2.68. The van der Waals surface area contributed by atoms with Gasteiger partial charge < -0.3 is 15.5 Å². The second kappa shape index (κ2) is 8.22. The lowest BCUT2D eigenvalue weighted by Gasteiger charge is -2.34. The molecule has 158 valence electrons. The predicted octanol–water partition coefficient (Wildman–Crippen LogP) is 1.52. The number of amides is 1. The van der Waals surface area contributed by atoms with Gasteiger partial charge in [0.05, 0.1) is 4.90 Å². The lowest BCUT2D eigenvalue weighted by Crippen LogP contribution is -2.44. The summed E-state index contributed by atoms with van der Waals surface area (Å²) in [7, 11) is -1.54. The van der Waals surface area contributed by atoms with Gasteiger partial charge in [0.15, 0.2) is 0 Å². The standard InChI is InChI=1S/C22H26N4O3S/c1-24-11-13-25(14-12-24)20-4-2-3-18(15-20)17-5-7-21(8-6-17)30(28,29)26-10-9-19(16-26)22(23)27/h2-9,15H,10-14,16H2,1H3,(H2,23,27). The van der Waals surface area contributed by atoms with Gasteiger partial charge in [0, 0.05) is 50.5 Å². The third kappa shape index (κ3) is 4.12. The highest BCUT2D eigenvalue weighted by Crippen LogP contribution is 2.28. The van der Waals surface area contributed by atoms with Gasteiger partial charge in [-0.3, -0.25) is 4.79 Å². The summed E-state index contributed by atoms with van der Waals surface area (Å²) in [5.41, 5.74) is 8.78. The van der Waals surface area contributed by atoms with Gasteiger partial charge in [-0.25, -0.2) is 8.42 Å². The fourth-order valence-corrected chi connectivity index (χ4v) is 5.17. The maximum absolute atomic E-state index is 12.9. The first kappa shape index (κ1) is 20.6. The van der Waals surface area contributed by atoms with Crippen LogP contribution in [0.3, 0.4) is 0 Å². The van der Waals surface area contributed by atoms with Crippen LogP contribution >= 0.6 is 0 Å². The molecule has 7 nitrogen and oxygen atoms in total. The number of hydrogen-bond donors (Lipinski definition) is 1. The maximum Gasteiger partial charge on any atom is 0.245 e. The van der Waals surface area contributed by atoms with Crippen molar-refractivity contribution >= 4 is 21.6 Å². The summed E-state index contributed by atoms with van der Waals surface area (Å²) in [6.45, 7) is 4.25. The molecule has 2 aliphatic rings. The summed E-state index contributed by atoms with van der Waals surface area (Å²) >= 11 is 0. The quantitative estimate of drug-likeness (QED) is 0.783. The predicted molar refractivity (Wildman–Crippen MR) is 118 cm³/mol. The monoisotopic (exact) mass is 426 g/mol. The number of rotatable bonds is 5. The topological polar surface area (TPSA) is 87.0 Å². The van der Waals surface area contributed by atoms with E-state index in [9.17, 15) is 13.2 Å². The molecular formula is C22H26N4O3S. The first-order chi connectivity index (χ1) is 14.3. The number of carbonyl (C=O) groups excluding carboxylic acids is 1. The second-order valence-corrected chi connectivity index (χ2v) is 9.69. The average molecular weight is 427 g/mol. The second-order valence-electron chi connectivity index (χ2n) is 7.76. The minimum Gasteiger partial charge on any atom is -0.369 e. The Morgan fingerprint density at radius 3 is 2.30 bits per heavy atom. The van der Waals surface area contributed by atoms with Gasteiger partial charge in [-0.2, -0.15) is 4.31 Å². The van der Waals surface area contributed by atoms with Crippen LogP contribution in [0.1, 0.15) is 0 Å². The molecule has 0 radical (unpaired) electrons. The zero-order valence-electron chi connectivity index (χ0n) is 17.0. The Balaban J connectivity index is 1.51. The van der Waals surface area contributed by atoms with Crippen molar-refractivity contribution in [2.24, 2.45) is 5.73 Å². The molecule has 1 amide bonds. The first-order valence-electron chi connectivity index (χ1n) is 9.97. The molecule has 0 atom stereocenters. The van der Waals surface area contributed by atoms with E-state index in [0.717, 1.165) is 37.3 Å². The summed E-state index contributed by atoms with van der Waals surface area (Å²) in [4.78, 5) is 16.2. The minimum atomic E-state index is -3.67. The Morgan fingerprint density at radius 2 is 1.67 bits per heavy atom. The number of sulfonamides is 1. The molecule has 30 heavy (non-hydrogen) atoms. The Bertz CT molecular complexity index is 1070. The summed E-state index contributed by atoms with van der Waals surface area (Å²) in [6.07, 6.45) is 1.57. The zero-order chi connectivity index (χ0) is 21.3. The molecule has 0 spiro atoms. The number of benzene rings is 2. The van der Waals surface area contributed by atoms with Crippen LogP contribution in [-0.4, -0.2) is 69.8 Å². The highest BCUT2D eigenvalue weighted by molar-refractivity contribution is 7.89. The largest absolute Gasteiger partial charge is 0.369 e. The molecule has 0 saturated carbocycles. The molecule has 2 aromatic carbocycles. The molecule has 0 aromatic heterocycles. The smallest absolute Gasteiger partial charge is 0.245 e. The highest BCUT2D eigenvalue weighted by Gasteiger charge is 2.29. The van der Waals surface area contributed by atoms with Gasteiger partial charge in [-0.05, 0) is 42.4 Å². The lowest BCUT2D eigenvalue weighted by atomic mass is 10.0. The van der Waals surface area contributed by atoms with E-state index in [2.05, 4.69) is 29.0 Å². The van der Waals surface area contributed by atoms with Gasteiger partial charge in [-0.1, -0.05) is 30.3 Å². The number of piperazine rings is 1. The average Bonchev–Trinajstić information content (AvgIpc) is 3.26. The van der Waals surface area contributed by atoms with Gasteiger partial charge >= 0.3 is 0 Å². The van der Waals surface area contributed by atoms with Gasteiger partial charge in [0.25, 0.3) is 0 Å². The van der Waals surface area contributed by atoms with Crippen molar-refractivity contribution in [2.75, 3.05) is 51.2 Å². The van der Waals surface area contributed by atoms with E-state index in [-0.39, 0.29) is 18.0 Å². The third-order valence-electron chi connectivity index (χ3n) is 5.74. The van der Waals surface area contributed by atoms with Crippen LogP contribution in [0, 0.1) is 0 Å². The van der Waals surface area contributed by atoms with E-state index in [1.807, 2.05) is 24.3 Å². The number of nitrogens with zero attached hydrogens (tertiary/aromatic N) is 3. The Kier molecular flexibility index (Phi) is 5.64. The molecule has 0 unspecified atom stereocenters. The first-order valence-corrected chi connectivity index (χ1v) is 11.4. The van der Waals surface area contributed by atoms with Crippen molar-refractivity contribution in [2.45, 2.75) is 4.90 Å². The molecule has 1 saturated heterocycles. The van der Waals surface area contributed by atoms with E-state index >= 15 is 0 Å². The number of primary amides is 1. The number of likely N-dealkylation sites (N-methyl/N-ethyl adjacent to an activating group) is 1. The molecule has 0 aliphatic carbocycles. The van der Waals surface area contributed by atoms with Crippen LogP contribution in [0.2, 0.25) is 0 Å². The van der Waals surface area contributed by atoms with Crippen LogP contribution in [0.25, 0.3) is 11.1 Å². The molecule has 2 N–H and O–H groups in total. The maximum atomic E-state index is 12.9. The summed E-state index contributed by atoms with van der Waals surface area (Å²) in [5, 5.41) is 0. The number of anilines is 1. The number of carbonyl (C=O) groups is 1. The normalized spacial score (nSPS) is 18.4. The van der Waals surface area contributed by atoms with Crippen LogP contribution in [0.5, 0.6) is 0 Å². The molecule has 2 heterocycles. The van der Waals surface area contributed by atoms with Crippen molar-refractivity contribution < 1.29 is 13.2 Å². The van der Waals surface area contributed by atoms with Gasteiger partial charge in [-0.15, -0.1) is 0 Å². The van der Waals surface area contributed by atoms with Crippen molar-refractivity contribution in [1.82, 2.24) is 9.21 Å². The van der Waals surface area contributed by atoms with Crippen LogP contribution in [-0.2, 0) is 14.8 Å². The fourth-order valence-electron chi connectivity index (χ4n) is 3.81. The number of nitrogens with two attached hydrogens (primary N) is 1. The minimum absolute atomic E-state index is 0.0203. The third-order valence-corrected chi connectivity index (χ3v) is 7.57. The van der Waals surface area contributed by atoms with E-state index < -0.39 is 15.9 Å². The molecule has 1 fully saturated rings. The van der Waals surface area contributed by atoms with Crippen molar-refractivity contribution in [1.29, 1.82) is 0 Å². The summed E-state index contributed by atoms with van der Waals surface area (Å²) < 4.78 is 27.0. The SMILES string of the molecule is CN1CCN(c2cccc(-c3ccc(S(=O)(=O)N4CC=C(C(N)=O)C4)cc3)c2)CC1. The van der Waals surface area contributed by atoms with Gasteiger partial charge in [0.2, 0.25) is 15.9 Å². The zero-order valence-corrected chi connectivity index (χ0v) is 17.8. The van der Waals surface area contributed by atoms with Crippen molar-refractivity contribution in [3.05, 3.63) is 60.2 Å². The van der Waals surface area contributed by atoms with Crippen LogP contribution in [0.4, 0.5) is 5.69 Å². The highest BCUT2D eigenvalue weighted by atomic mass is 32.2. The van der Waals surface area contributed by atoms with Crippen molar-refractivity contribution in [3.63, 3.8) is 0 Å². The molecule has 4 rings (SSSR count). The van der Waals surface area contributed by atoms with E-state index in [4.69, 9.17) is 5.73 Å². The van der Waals surface area contributed by atoms with Crippen LogP contribution < -0.4 is 10.6 Å². The van der Waals surface area contributed by atoms with Crippen LogP contribution in [0.15, 0.2) is 65.1 Å². The summed E-state index contributed by atoms with van der Waals surface area (Å²) in [6, 6.07) is 15.2. The van der Waals surface area contributed by atoms with Gasteiger partial charge in [0.1, 0.15) is 0 Å². The van der Waals surface area contributed by atoms with E-state index in [1.165, 1.54) is 9.99 Å². The lowest BCUT2D eigenvalue weighted by molar-refractivity contribution is -0.114. The summed E-state index contributed by atoms with van der Waals surface area (Å²) in [5.74, 6) is -0.580. The van der Waals surface area contributed by atoms with E-state index in [1.54, 1.807) is 18.2 Å². The Morgan fingerprint density at radius 1 is 0.967 bits per heavy atom. The number of hydrogen-bond acceptors (Lipinski definition) is 5. The fraction of sp³-hybridized carbons (Fsp3) is 0.318. The molecule has 2 aliphatic heterocycles. The molecule has 8 heteroatoms. The molecule has 0 bridgehead atoms. The van der Waals surface area contributed by atoms with E-state index in [0.29, 0.717) is 5.57 Å². The van der Waals surface area contributed by atoms with Crippen molar-refractivity contribution in [3.8, 4) is 11.1 Å². The molecule has 2 aromatic rings. The molecular weight excluding hydrogens is 400 g/mol.